The van der Waals surface area contributed by atoms with Crippen LogP contribution in [0.15, 0.2) is 53.5 Å². The molecule has 2 aliphatic heterocycles. The smallest absolute Gasteiger partial charge is 0.389 e. The summed E-state index contributed by atoms with van der Waals surface area (Å²) in [6, 6.07) is 13.8. The molecule has 42 heavy (non-hydrogen) atoms. The number of halogens is 6. The third-order valence-corrected chi connectivity index (χ3v) is 7.21. The van der Waals surface area contributed by atoms with E-state index in [2.05, 4.69) is 10.3 Å². The quantitative estimate of drug-likeness (QED) is 0.381. The molecule has 0 fully saturated rings. The van der Waals surface area contributed by atoms with E-state index in [-0.39, 0.29) is 6.54 Å². The molecule has 0 radical (unpaired) electrons. The fraction of sp³-hybridized carbons (Fsp3) is 0.448. The van der Waals surface area contributed by atoms with E-state index >= 15 is 0 Å². The summed E-state index contributed by atoms with van der Waals surface area (Å²) in [5.41, 5.74) is 1.81. The molecule has 2 heterocycles. The van der Waals surface area contributed by atoms with E-state index in [9.17, 15) is 40.7 Å². The molecule has 0 spiro atoms. The Balaban J connectivity index is 1.75. The van der Waals surface area contributed by atoms with Gasteiger partial charge in [-0.1, -0.05) is 42.5 Å². The maximum atomic E-state index is 13.8. The van der Waals surface area contributed by atoms with Crippen molar-refractivity contribution < 1.29 is 45.5 Å². The summed E-state index contributed by atoms with van der Waals surface area (Å²) in [5.74, 6) is -5.73. The zero-order valence-corrected chi connectivity index (χ0v) is 22.6. The van der Waals surface area contributed by atoms with E-state index in [4.69, 9.17) is 4.74 Å². The summed E-state index contributed by atoms with van der Waals surface area (Å²) in [6.07, 6.45) is -15.4. The number of Topliss-reactive ketones (excluding diaryl/α,β-unsaturated/α-hetero) is 1. The number of nitrogens with zero attached hydrogens (tertiary/aromatic N) is 2. The molecule has 13 heteroatoms. The highest BCUT2D eigenvalue weighted by Gasteiger charge is 2.41. The number of ketones is 1. The highest BCUT2D eigenvalue weighted by Crippen LogP contribution is 2.39. The maximum Gasteiger partial charge on any atom is 0.389 e. The molecule has 0 saturated carbocycles. The van der Waals surface area contributed by atoms with Crippen LogP contribution < -0.4 is 15.0 Å². The van der Waals surface area contributed by atoms with Crippen LogP contribution in [0.25, 0.3) is 0 Å². The van der Waals surface area contributed by atoms with Crippen LogP contribution in [0.3, 0.4) is 0 Å². The van der Waals surface area contributed by atoms with Crippen LogP contribution >= 0.6 is 0 Å². The number of benzene rings is 2. The lowest BCUT2D eigenvalue weighted by Gasteiger charge is -2.28. The Morgan fingerprint density at radius 2 is 1.62 bits per heavy atom. The number of nitrogens with one attached hydrogen (secondary N) is 1. The molecule has 0 saturated heterocycles. The van der Waals surface area contributed by atoms with Gasteiger partial charge < -0.3 is 15.0 Å². The third-order valence-electron chi connectivity index (χ3n) is 7.21. The topological polar surface area (TPSA) is 88.1 Å². The molecular formula is C29H29F6N3O4. The minimum absolute atomic E-state index is 0.186. The number of aliphatic imine (C=N–C) groups is 1. The Bertz CT molecular complexity index is 1340. The zero-order chi connectivity index (χ0) is 30.7. The van der Waals surface area contributed by atoms with Crippen molar-refractivity contribution in [3.05, 3.63) is 59.7 Å². The lowest BCUT2D eigenvalue weighted by atomic mass is 9.81. The normalized spacial score (nSPS) is 18.5. The van der Waals surface area contributed by atoms with Crippen LogP contribution in [0.4, 0.5) is 32.0 Å². The summed E-state index contributed by atoms with van der Waals surface area (Å²) >= 11 is 0. The van der Waals surface area contributed by atoms with Gasteiger partial charge in [0.05, 0.1) is 18.0 Å². The molecular weight excluding hydrogens is 568 g/mol. The molecule has 2 aromatic rings. The van der Waals surface area contributed by atoms with Crippen molar-refractivity contribution in [2.75, 3.05) is 18.1 Å². The number of amides is 2. The number of hydrogen-bond donors (Lipinski definition) is 1. The van der Waals surface area contributed by atoms with E-state index in [1.54, 1.807) is 48.5 Å². The zero-order valence-electron chi connectivity index (χ0n) is 22.6. The SMILES string of the molecule is CC(=O)[C@@H](CCC(F)(F)F)[C@@H](CCC(F)(F)F)C(=O)N[C@H]1N=C(c2ccccc2)c2cccc3c2N(CCCO3)C1=O. The molecule has 0 aromatic heterocycles. The minimum Gasteiger partial charge on any atom is -0.491 e. The van der Waals surface area contributed by atoms with Gasteiger partial charge in [0.15, 0.2) is 0 Å². The molecule has 0 bridgehead atoms. The summed E-state index contributed by atoms with van der Waals surface area (Å²) in [5, 5.41) is 2.38. The number of anilines is 1. The number of rotatable bonds is 9. The fourth-order valence-corrected chi connectivity index (χ4v) is 5.25. The van der Waals surface area contributed by atoms with Crippen LogP contribution in [0, 0.1) is 11.8 Å². The number of carbonyl (C=O) groups is 3. The second kappa shape index (κ2) is 12.5. The van der Waals surface area contributed by atoms with Crippen LogP contribution in [0.2, 0.25) is 0 Å². The second-order valence-electron chi connectivity index (χ2n) is 10.2. The van der Waals surface area contributed by atoms with E-state index in [0.29, 0.717) is 41.3 Å². The fourth-order valence-electron chi connectivity index (χ4n) is 5.25. The lowest BCUT2D eigenvalue weighted by Crippen LogP contribution is -2.50. The van der Waals surface area contributed by atoms with Crippen molar-refractivity contribution in [2.24, 2.45) is 16.8 Å². The first-order valence-electron chi connectivity index (χ1n) is 13.4. The van der Waals surface area contributed by atoms with E-state index in [0.717, 1.165) is 6.92 Å². The molecule has 7 nitrogen and oxygen atoms in total. The van der Waals surface area contributed by atoms with Gasteiger partial charge >= 0.3 is 12.4 Å². The number of para-hydroxylation sites is 1. The number of ether oxygens (including phenoxy) is 1. The molecule has 2 aliphatic rings. The van der Waals surface area contributed by atoms with Gasteiger partial charge in [0.25, 0.3) is 5.91 Å². The molecule has 1 N–H and O–H groups in total. The third kappa shape index (κ3) is 7.48. The monoisotopic (exact) mass is 597 g/mol. The van der Waals surface area contributed by atoms with Crippen LogP contribution in [0.1, 0.15) is 50.2 Å². The summed E-state index contributed by atoms with van der Waals surface area (Å²) in [6.45, 7) is 1.42. The van der Waals surface area contributed by atoms with Gasteiger partial charge in [-0.15, -0.1) is 0 Å². The van der Waals surface area contributed by atoms with Crippen molar-refractivity contribution in [1.29, 1.82) is 0 Å². The van der Waals surface area contributed by atoms with Gasteiger partial charge in [-0.25, -0.2) is 4.99 Å². The van der Waals surface area contributed by atoms with Gasteiger partial charge in [-0.3, -0.25) is 14.4 Å². The Kier molecular flexibility index (Phi) is 9.27. The van der Waals surface area contributed by atoms with Crippen LogP contribution in [-0.2, 0) is 14.4 Å². The molecule has 2 amide bonds. The molecule has 3 atom stereocenters. The number of alkyl halides is 6. The number of carbonyl (C=O) groups excluding carboxylic acids is 3. The van der Waals surface area contributed by atoms with E-state index in [1.807, 2.05) is 0 Å². The predicted octanol–water partition coefficient (Wildman–Crippen LogP) is 5.60. The Morgan fingerprint density at radius 3 is 2.24 bits per heavy atom. The van der Waals surface area contributed by atoms with Crippen molar-refractivity contribution in [1.82, 2.24) is 5.32 Å². The second-order valence-corrected chi connectivity index (χ2v) is 10.2. The van der Waals surface area contributed by atoms with Gasteiger partial charge in [0.1, 0.15) is 11.5 Å². The first-order valence-corrected chi connectivity index (χ1v) is 13.4. The van der Waals surface area contributed by atoms with E-state index < -0.39 is 73.6 Å². The Labute approximate surface area is 237 Å². The van der Waals surface area contributed by atoms with Gasteiger partial charge in [0, 0.05) is 42.3 Å². The van der Waals surface area contributed by atoms with Crippen LogP contribution in [0.5, 0.6) is 5.75 Å². The van der Waals surface area contributed by atoms with E-state index in [1.165, 1.54) is 4.90 Å². The van der Waals surface area contributed by atoms with Gasteiger partial charge in [-0.2, -0.15) is 26.3 Å². The summed E-state index contributed by atoms with van der Waals surface area (Å²) < 4.78 is 84.4. The first-order chi connectivity index (χ1) is 19.7. The summed E-state index contributed by atoms with van der Waals surface area (Å²) in [7, 11) is 0. The van der Waals surface area contributed by atoms with Gasteiger partial charge in [-0.05, 0) is 32.3 Å². The molecule has 0 aliphatic carbocycles. The molecule has 0 unspecified atom stereocenters. The molecule has 2 aromatic carbocycles. The van der Waals surface area contributed by atoms with Crippen LogP contribution in [-0.4, -0.2) is 55.0 Å². The largest absolute Gasteiger partial charge is 0.491 e. The lowest BCUT2D eigenvalue weighted by molar-refractivity contribution is -0.152. The van der Waals surface area contributed by atoms with Crippen molar-refractivity contribution in [2.45, 2.75) is 57.5 Å². The Morgan fingerprint density at radius 1 is 0.976 bits per heavy atom. The highest BCUT2D eigenvalue weighted by molar-refractivity contribution is 6.21. The molecule has 4 rings (SSSR count). The van der Waals surface area contributed by atoms with Crippen molar-refractivity contribution in [3.63, 3.8) is 0 Å². The first kappa shape index (κ1) is 31.0. The summed E-state index contributed by atoms with van der Waals surface area (Å²) in [4.78, 5) is 45.7. The standard InChI is InChI=1S/C29H29F6N3O4/c1-17(39)19(11-13-28(30,31)32)20(12-14-29(33,34)35)26(40)37-25-27(41)38-15-6-16-42-22-10-5-9-21(24(22)38)23(36-25)18-7-3-2-4-8-18/h2-5,7-10,19-20,25H,6,11-16H2,1H3,(H,37,40)/t19-,20-,25-/m1/s1. The predicted molar refractivity (Wildman–Crippen MR) is 141 cm³/mol. The molecule has 226 valence electrons. The Hall–Kier alpha value is -3.90. The minimum atomic E-state index is -4.73. The van der Waals surface area contributed by atoms with Crippen molar-refractivity contribution >= 4 is 29.0 Å². The maximum absolute atomic E-state index is 13.8. The average molecular weight is 598 g/mol. The highest BCUT2D eigenvalue weighted by atomic mass is 19.4. The van der Waals surface area contributed by atoms with Crippen molar-refractivity contribution in [3.8, 4) is 5.75 Å². The van der Waals surface area contributed by atoms with Gasteiger partial charge in [0.2, 0.25) is 12.1 Å². The average Bonchev–Trinajstić information content (AvgIpc) is 3.20. The number of hydrogen-bond acceptors (Lipinski definition) is 5.